The average Bonchev–Trinajstić information content (AvgIpc) is 2.97. The first kappa shape index (κ1) is 16.8. The topological polar surface area (TPSA) is 43.8 Å². The molecule has 3 rings (SSSR count). The molecule has 1 fully saturated rings. The number of amides is 1. The van der Waals surface area contributed by atoms with Crippen LogP contribution in [-0.2, 0) is 0 Å². The maximum absolute atomic E-state index is 11.9. The summed E-state index contributed by atoms with van der Waals surface area (Å²) in [7, 11) is 2.06. The molecule has 1 aliphatic rings. The number of hydrogen-bond acceptors (Lipinski definition) is 2. The Morgan fingerprint density at radius 1 is 1.29 bits per heavy atom. The molecule has 0 aromatic heterocycles. The quantitative estimate of drug-likeness (QED) is 0.882. The summed E-state index contributed by atoms with van der Waals surface area (Å²) in [6, 6.07) is 15.4. The van der Waals surface area contributed by atoms with Crippen molar-refractivity contribution in [1.82, 2.24) is 4.90 Å². The SMILES string of the molecule is CN1CCC[C@H]1CN(C(=O)O)c1ccccc1-c1cccc(Cl)c1. The molecule has 1 saturated heterocycles. The van der Waals surface area contributed by atoms with Gasteiger partial charge in [-0.3, -0.25) is 4.90 Å². The number of likely N-dealkylation sites (tertiary alicyclic amines) is 1. The highest BCUT2D eigenvalue weighted by atomic mass is 35.5. The molecule has 1 amide bonds. The number of likely N-dealkylation sites (N-methyl/N-ethyl adjacent to an activating group) is 1. The number of para-hydroxylation sites is 1. The van der Waals surface area contributed by atoms with Crippen molar-refractivity contribution in [1.29, 1.82) is 0 Å². The Balaban J connectivity index is 1.98. The van der Waals surface area contributed by atoms with E-state index in [1.165, 1.54) is 4.90 Å². The number of rotatable bonds is 4. The van der Waals surface area contributed by atoms with Crippen molar-refractivity contribution in [2.45, 2.75) is 18.9 Å². The van der Waals surface area contributed by atoms with Crippen molar-refractivity contribution in [3.05, 3.63) is 53.6 Å². The van der Waals surface area contributed by atoms with E-state index in [0.29, 0.717) is 17.3 Å². The summed E-state index contributed by atoms with van der Waals surface area (Å²) in [6.07, 6.45) is 1.22. The van der Waals surface area contributed by atoms with E-state index in [1.54, 1.807) is 0 Å². The fourth-order valence-corrected chi connectivity index (χ4v) is 3.50. The molecular formula is C19H21ClN2O2. The van der Waals surface area contributed by atoms with Crippen LogP contribution in [0.2, 0.25) is 5.02 Å². The molecule has 5 heteroatoms. The van der Waals surface area contributed by atoms with Gasteiger partial charge in [0.05, 0.1) is 5.69 Å². The van der Waals surface area contributed by atoms with Gasteiger partial charge in [0.25, 0.3) is 0 Å². The third-order valence-corrected chi connectivity index (χ3v) is 4.86. The summed E-state index contributed by atoms with van der Waals surface area (Å²) in [5.74, 6) is 0. The summed E-state index contributed by atoms with van der Waals surface area (Å²) >= 11 is 6.11. The molecule has 0 saturated carbocycles. The zero-order chi connectivity index (χ0) is 17.1. The third-order valence-electron chi connectivity index (χ3n) is 4.63. The molecule has 2 aromatic carbocycles. The maximum atomic E-state index is 11.9. The largest absolute Gasteiger partial charge is 0.465 e. The van der Waals surface area contributed by atoms with E-state index >= 15 is 0 Å². The molecule has 0 spiro atoms. The lowest BCUT2D eigenvalue weighted by atomic mass is 10.0. The summed E-state index contributed by atoms with van der Waals surface area (Å²) in [5, 5.41) is 10.4. The van der Waals surface area contributed by atoms with E-state index in [-0.39, 0.29) is 6.04 Å². The molecule has 1 heterocycles. The predicted molar refractivity (Wildman–Crippen MR) is 97.9 cm³/mol. The second-order valence-corrected chi connectivity index (χ2v) is 6.63. The minimum atomic E-state index is -0.926. The lowest BCUT2D eigenvalue weighted by Gasteiger charge is -2.28. The summed E-state index contributed by atoms with van der Waals surface area (Å²) in [5.41, 5.74) is 2.50. The molecular weight excluding hydrogens is 324 g/mol. The van der Waals surface area contributed by atoms with Crippen LogP contribution in [0, 0.1) is 0 Å². The number of halogens is 1. The Hall–Kier alpha value is -2.04. The third kappa shape index (κ3) is 3.55. The number of hydrogen-bond donors (Lipinski definition) is 1. The normalized spacial score (nSPS) is 17.8. The maximum Gasteiger partial charge on any atom is 0.411 e. The number of anilines is 1. The summed E-state index contributed by atoms with van der Waals surface area (Å²) < 4.78 is 0. The zero-order valence-electron chi connectivity index (χ0n) is 13.7. The van der Waals surface area contributed by atoms with Crippen LogP contribution >= 0.6 is 11.6 Å². The van der Waals surface area contributed by atoms with Crippen LogP contribution in [0.1, 0.15) is 12.8 Å². The second-order valence-electron chi connectivity index (χ2n) is 6.20. The highest BCUT2D eigenvalue weighted by Gasteiger charge is 2.27. The van der Waals surface area contributed by atoms with Gasteiger partial charge in [-0.2, -0.15) is 0 Å². The Morgan fingerprint density at radius 3 is 2.75 bits per heavy atom. The number of benzene rings is 2. The van der Waals surface area contributed by atoms with Gasteiger partial charge < -0.3 is 10.0 Å². The van der Waals surface area contributed by atoms with Gasteiger partial charge in [-0.25, -0.2) is 4.79 Å². The van der Waals surface area contributed by atoms with Gasteiger partial charge in [-0.1, -0.05) is 41.9 Å². The van der Waals surface area contributed by atoms with Crippen molar-refractivity contribution >= 4 is 23.4 Å². The van der Waals surface area contributed by atoms with Crippen LogP contribution in [0.25, 0.3) is 11.1 Å². The fourth-order valence-electron chi connectivity index (χ4n) is 3.31. The predicted octanol–water partition coefficient (Wildman–Crippen LogP) is 4.59. The van der Waals surface area contributed by atoms with Gasteiger partial charge >= 0.3 is 6.09 Å². The summed E-state index contributed by atoms with van der Waals surface area (Å²) in [4.78, 5) is 15.6. The Labute approximate surface area is 147 Å². The van der Waals surface area contributed by atoms with Crippen LogP contribution in [0.15, 0.2) is 48.5 Å². The first-order chi connectivity index (χ1) is 11.6. The Morgan fingerprint density at radius 2 is 2.08 bits per heavy atom. The smallest absolute Gasteiger partial charge is 0.411 e. The lowest BCUT2D eigenvalue weighted by molar-refractivity contribution is 0.198. The van der Waals surface area contributed by atoms with Crippen LogP contribution in [0.5, 0.6) is 0 Å². The molecule has 126 valence electrons. The fraction of sp³-hybridized carbons (Fsp3) is 0.316. The molecule has 4 nitrogen and oxygen atoms in total. The van der Waals surface area contributed by atoms with Crippen molar-refractivity contribution in [3.8, 4) is 11.1 Å². The van der Waals surface area contributed by atoms with Crippen LogP contribution < -0.4 is 4.90 Å². The Kier molecular flexibility index (Phi) is 5.07. The van der Waals surface area contributed by atoms with Crippen molar-refractivity contribution in [3.63, 3.8) is 0 Å². The first-order valence-corrected chi connectivity index (χ1v) is 8.49. The Bertz CT molecular complexity index is 735. The minimum Gasteiger partial charge on any atom is -0.465 e. The van der Waals surface area contributed by atoms with E-state index in [2.05, 4.69) is 11.9 Å². The van der Waals surface area contributed by atoms with Gasteiger partial charge in [0.2, 0.25) is 0 Å². The second kappa shape index (κ2) is 7.24. The molecule has 0 bridgehead atoms. The van der Waals surface area contributed by atoms with Crippen molar-refractivity contribution in [2.24, 2.45) is 0 Å². The van der Waals surface area contributed by atoms with Crippen molar-refractivity contribution < 1.29 is 9.90 Å². The molecule has 0 radical (unpaired) electrons. The molecule has 0 aliphatic carbocycles. The van der Waals surface area contributed by atoms with Crippen molar-refractivity contribution in [2.75, 3.05) is 25.0 Å². The van der Waals surface area contributed by atoms with E-state index in [0.717, 1.165) is 30.5 Å². The number of carbonyl (C=O) groups is 1. The molecule has 2 aromatic rings. The van der Waals surface area contributed by atoms with Crippen LogP contribution in [0.3, 0.4) is 0 Å². The molecule has 1 N–H and O–H groups in total. The van der Waals surface area contributed by atoms with Crippen LogP contribution in [-0.4, -0.2) is 42.3 Å². The van der Waals surface area contributed by atoms with Crippen LogP contribution in [0.4, 0.5) is 10.5 Å². The van der Waals surface area contributed by atoms with E-state index in [4.69, 9.17) is 11.6 Å². The molecule has 1 atom stereocenters. The molecule has 24 heavy (non-hydrogen) atoms. The summed E-state index contributed by atoms with van der Waals surface area (Å²) in [6.45, 7) is 1.50. The average molecular weight is 345 g/mol. The lowest BCUT2D eigenvalue weighted by Crippen LogP contribution is -2.41. The van der Waals surface area contributed by atoms with Gasteiger partial charge in [0.1, 0.15) is 0 Å². The van der Waals surface area contributed by atoms with E-state index in [9.17, 15) is 9.90 Å². The number of carboxylic acid groups (broad SMARTS) is 1. The standard InChI is InChI=1S/C19H21ClN2O2/c1-21-11-5-8-16(21)13-22(19(23)24)18-10-3-2-9-17(18)14-6-4-7-15(20)12-14/h2-4,6-7,9-10,12,16H,5,8,11,13H2,1H3,(H,23,24)/t16-/m0/s1. The molecule has 0 unspecified atom stereocenters. The van der Waals surface area contributed by atoms with E-state index in [1.807, 2.05) is 48.5 Å². The highest BCUT2D eigenvalue weighted by molar-refractivity contribution is 6.30. The zero-order valence-corrected chi connectivity index (χ0v) is 14.4. The highest BCUT2D eigenvalue weighted by Crippen LogP contribution is 2.33. The van der Waals surface area contributed by atoms with Gasteiger partial charge in [-0.15, -0.1) is 0 Å². The minimum absolute atomic E-state index is 0.258. The molecule has 1 aliphatic heterocycles. The first-order valence-electron chi connectivity index (χ1n) is 8.12. The monoisotopic (exact) mass is 344 g/mol. The van der Waals surface area contributed by atoms with E-state index < -0.39 is 6.09 Å². The number of nitrogens with zero attached hydrogens (tertiary/aromatic N) is 2. The van der Waals surface area contributed by atoms with Gasteiger partial charge in [0.15, 0.2) is 0 Å². The van der Waals surface area contributed by atoms with Gasteiger partial charge in [0, 0.05) is 23.2 Å². The van der Waals surface area contributed by atoms with Gasteiger partial charge in [-0.05, 0) is 50.2 Å².